The molecule has 146 valence electrons. The fourth-order valence-electron chi connectivity index (χ4n) is 3.46. The Bertz CT molecular complexity index is 748. The monoisotopic (exact) mass is 426 g/mol. The van der Waals surface area contributed by atoms with Crippen LogP contribution in [0.15, 0.2) is 48.5 Å². The summed E-state index contributed by atoms with van der Waals surface area (Å²) >= 11 is 12.1. The normalized spacial score (nSPS) is 15.2. The lowest BCUT2D eigenvalue weighted by atomic mass is 10.0. The number of carbonyl (C=O) groups is 1. The van der Waals surface area contributed by atoms with Crippen molar-refractivity contribution in [2.24, 2.45) is 0 Å². The number of amides is 1. The van der Waals surface area contributed by atoms with Gasteiger partial charge in [-0.25, -0.2) is 0 Å². The van der Waals surface area contributed by atoms with Crippen molar-refractivity contribution in [3.8, 4) is 0 Å². The maximum Gasteiger partial charge on any atom is 0.227 e. The second-order valence-electron chi connectivity index (χ2n) is 6.86. The molecule has 6 heteroatoms. The first-order chi connectivity index (χ1) is 12.5. The van der Waals surface area contributed by atoms with Crippen molar-refractivity contribution in [2.45, 2.75) is 25.3 Å². The molecule has 3 rings (SSSR count). The van der Waals surface area contributed by atoms with Crippen LogP contribution < -0.4 is 0 Å². The fourth-order valence-corrected chi connectivity index (χ4v) is 3.78. The van der Waals surface area contributed by atoms with Gasteiger partial charge in [-0.2, -0.15) is 0 Å². The van der Waals surface area contributed by atoms with Crippen LogP contribution in [0.4, 0.5) is 0 Å². The molecule has 2 aromatic rings. The largest absolute Gasteiger partial charge is 0.337 e. The van der Waals surface area contributed by atoms with Crippen LogP contribution in [0.5, 0.6) is 0 Å². The minimum atomic E-state index is 0. The molecule has 1 aliphatic heterocycles. The lowest BCUT2D eigenvalue weighted by molar-refractivity contribution is -0.131. The molecule has 0 aromatic heterocycles. The summed E-state index contributed by atoms with van der Waals surface area (Å²) in [6.07, 6.45) is 2.79. The predicted molar refractivity (Wildman–Crippen MR) is 115 cm³/mol. The summed E-state index contributed by atoms with van der Waals surface area (Å²) in [5.41, 5.74) is 2.05. The van der Waals surface area contributed by atoms with Gasteiger partial charge in [-0.15, -0.1) is 12.4 Å². The van der Waals surface area contributed by atoms with E-state index < -0.39 is 0 Å². The number of likely N-dealkylation sites (tertiary alicyclic amines) is 1. The van der Waals surface area contributed by atoms with Gasteiger partial charge in [0.25, 0.3) is 0 Å². The van der Waals surface area contributed by atoms with Gasteiger partial charge in [0, 0.05) is 13.6 Å². The molecule has 0 N–H and O–H groups in total. The Morgan fingerprint density at radius 3 is 2.37 bits per heavy atom. The zero-order valence-corrected chi connectivity index (χ0v) is 17.7. The molecule has 1 fully saturated rings. The highest BCUT2D eigenvalue weighted by Gasteiger charge is 2.25. The van der Waals surface area contributed by atoms with Crippen LogP contribution in [0.1, 0.15) is 30.0 Å². The van der Waals surface area contributed by atoms with Gasteiger partial charge in [-0.05, 0) is 49.2 Å². The van der Waals surface area contributed by atoms with E-state index in [1.807, 2.05) is 36.2 Å². The smallest absolute Gasteiger partial charge is 0.227 e. The molecule has 0 saturated carbocycles. The quantitative estimate of drug-likeness (QED) is 0.628. The first-order valence-corrected chi connectivity index (χ1v) is 9.77. The number of likely N-dealkylation sites (N-methyl/N-ethyl adjacent to an activating group) is 1. The Balaban J connectivity index is 0.00000261. The third-order valence-corrected chi connectivity index (χ3v) is 5.75. The maximum absolute atomic E-state index is 12.9. The molecule has 2 aromatic carbocycles. The first kappa shape index (κ1) is 22.0. The highest BCUT2D eigenvalue weighted by Crippen LogP contribution is 2.26. The first-order valence-electron chi connectivity index (χ1n) is 9.01. The minimum absolute atomic E-state index is 0. The summed E-state index contributed by atoms with van der Waals surface area (Å²) < 4.78 is 0. The molecule has 1 amide bonds. The van der Waals surface area contributed by atoms with Gasteiger partial charge < -0.3 is 9.80 Å². The molecule has 27 heavy (non-hydrogen) atoms. The van der Waals surface area contributed by atoms with E-state index in [0.29, 0.717) is 16.5 Å². The Kier molecular flexibility index (Phi) is 8.43. The standard InChI is InChI=1S/C21H24Cl2N2O.ClH/c1-24(21(26)14-16-9-10-18(22)19(23)13-16)20(15-25-11-5-6-12-25)17-7-3-2-4-8-17;/h2-4,7-10,13,20H,5-6,11-12,14-15H2,1H3;1H. The molecule has 1 heterocycles. The van der Waals surface area contributed by atoms with Crippen LogP contribution in [0, 0.1) is 0 Å². The minimum Gasteiger partial charge on any atom is -0.337 e. The Morgan fingerprint density at radius 1 is 1.07 bits per heavy atom. The Hall–Kier alpha value is -1.26. The molecular weight excluding hydrogens is 403 g/mol. The van der Waals surface area contributed by atoms with E-state index in [4.69, 9.17) is 23.2 Å². The van der Waals surface area contributed by atoms with Crippen molar-refractivity contribution < 1.29 is 4.79 Å². The van der Waals surface area contributed by atoms with E-state index in [1.165, 1.54) is 18.4 Å². The summed E-state index contributed by atoms with van der Waals surface area (Å²) in [5, 5.41) is 0.990. The van der Waals surface area contributed by atoms with Crippen molar-refractivity contribution >= 4 is 41.5 Å². The molecule has 3 nitrogen and oxygen atoms in total. The van der Waals surface area contributed by atoms with Crippen molar-refractivity contribution in [2.75, 3.05) is 26.7 Å². The SMILES string of the molecule is CN(C(=O)Cc1ccc(Cl)c(Cl)c1)C(CN1CCCC1)c1ccccc1.Cl. The van der Waals surface area contributed by atoms with Gasteiger partial charge >= 0.3 is 0 Å². The van der Waals surface area contributed by atoms with Crippen molar-refractivity contribution in [1.29, 1.82) is 0 Å². The number of hydrogen-bond donors (Lipinski definition) is 0. The maximum atomic E-state index is 12.9. The van der Waals surface area contributed by atoms with Crippen molar-refractivity contribution in [1.82, 2.24) is 9.80 Å². The van der Waals surface area contributed by atoms with E-state index >= 15 is 0 Å². The average Bonchev–Trinajstić information content (AvgIpc) is 3.16. The summed E-state index contributed by atoms with van der Waals surface area (Å²) in [4.78, 5) is 17.2. The molecule has 0 bridgehead atoms. The van der Waals surface area contributed by atoms with Gasteiger partial charge in [0.1, 0.15) is 0 Å². The van der Waals surface area contributed by atoms with Gasteiger partial charge in [0.15, 0.2) is 0 Å². The number of rotatable bonds is 6. The highest BCUT2D eigenvalue weighted by atomic mass is 35.5. The second kappa shape index (κ2) is 10.3. The van der Waals surface area contributed by atoms with E-state index in [1.54, 1.807) is 12.1 Å². The summed E-state index contributed by atoms with van der Waals surface area (Å²) in [6, 6.07) is 15.7. The van der Waals surface area contributed by atoms with Crippen molar-refractivity contribution in [3.63, 3.8) is 0 Å². The zero-order valence-electron chi connectivity index (χ0n) is 15.4. The highest BCUT2D eigenvalue weighted by molar-refractivity contribution is 6.42. The van der Waals surface area contributed by atoms with E-state index in [-0.39, 0.29) is 24.4 Å². The molecule has 0 spiro atoms. The second-order valence-corrected chi connectivity index (χ2v) is 7.68. The number of hydrogen-bond acceptors (Lipinski definition) is 2. The molecule has 1 unspecified atom stereocenters. The third-order valence-electron chi connectivity index (χ3n) is 5.01. The van der Waals surface area contributed by atoms with E-state index in [9.17, 15) is 4.79 Å². The van der Waals surface area contributed by atoms with Crippen LogP contribution in [0.3, 0.4) is 0 Å². The molecule has 0 radical (unpaired) electrons. The number of halogens is 3. The summed E-state index contributed by atoms with van der Waals surface area (Å²) in [6.45, 7) is 3.09. The lowest BCUT2D eigenvalue weighted by Gasteiger charge is -2.32. The lowest BCUT2D eigenvalue weighted by Crippen LogP contribution is -2.39. The van der Waals surface area contributed by atoms with Crippen LogP contribution in [-0.2, 0) is 11.2 Å². The molecule has 0 aliphatic carbocycles. The topological polar surface area (TPSA) is 23.6 Å². The summed E-state index contributed by atoms with van der Waals surface area (Å²) in [7, 11) is 1.90. The van der Waals surface area contributed by atoms with E-state index in [0.717, 1.165) is 25.2 Å². The third kappa shape index (κ3) is 5.86. The van der Waals surface area contributed by atoms with Crippen LogP contribution >= 0.6 is 35.6 Å². The van der Waals surface area contributed by atoms with Crippen LogP contribution in [-0.4, -0.2) is 42.4 Å². The predicted octanol–water partition coefficient (Wildman–Crippen LogP) is 5.25. The number of nitrogens with zero attached hydrogens (tertiary/aromatic N) is 2. The molecule has 1 saturated heterocycles. The van der Waals surface area contributed by atoms with Crippen LogP contribution in [0.25, 0.3) is 0 Å². The Morgan fingerprint density at radius 2 is 1.74 bits per heavy atom. The summed E-state index contributed by atoms with van der Waals surface area (Å²) in [5.74, 6) is 0.0800. The number of benzene rings is 2. The van der Waals surface area contributed by atoms with Crippen LogP contribution in [0.2, 0.25) is 10.0 Å². The van der Waals surface area contributed by atoms with Gasteiger partial charge in [0.05, 0.1) is 22.5 Å². The van der Waals surface area contributed by atoms with Gasteiger partial charge in [0.2, 0.25) is 5.91 Å². The van der Waals surface area contributed by atoms with E-state index in [2.05, 4.69) is 17.0 Å². The molecule has 1 atom stereocenters. The fraction of sp³-hybridized carbons (Fsp3) is 0.381. The zero-order chi connectivity index (χ0) is 18.5. The Labute approximate surface area is 177 Å². The van der Waals surface area contributed by atoms with Gasteiger partial charge in [-0.3, -0.25) is 4.79 Å². The van der Waals surface area contributed by atoms with Crippen molar-refractivity contribution in [3.05, 3.63) is 69.7 Å². The molecule has 1 aliphatic rings. The average molecular weight is 428 g/mol. The van der Waals surface area contributed by atoms with Gasteiger partial charge in [-0.1, -0.05) is 59.6 Å². The molecular formula is C21H25Cl3N2O. The number of carbonyl (C=O) groups excluding carboxylic acids is 1.